The Morgan fingerprint density at radius 2 is 0.800 bits per heavy atom. The van der Waals surface area contributed by atoms with Gasteiger partial charge in [0.1, 0.15) is 6.10 Å². The van der Waals surface area contributed by atoms with Crippen LogP contribution in [0.1, 0.15) is 232 Å². The summed E-state index contributed by atoms with van der Waals surface area (Å²) in [6, 6.07) is -0.798. The first kappa shape index (κ1) is 48.8. The van der Waals surface area contributed by atoms with E-state index in [0.29, 0.717) is 6.42 Å². The number of hydrogen-bond acceptors (Lipinski definition) is 4. The van der Waals surface area contributed by atoms with Crippen molar-refractivity contribution in [3.05, 3.63) is 24.3 Å². The van der Waals surface area contributed by atoms with Gasteiger partial charge in [-0.05, 0) is 44.9 Å². The highest BCUT2D eigenvalue weighted by atomic mass is 16.3. The van der Waals surface area contributed by atoms with E-state index in [-0.39, 0.29) is 6.61 Å². The second kappa shape index (κ2) is 40.6. The zero-order valence-corrected chi connectivity index (χ0v) is 33.5. The number of carbonyl (C=O) groups is 1. The summed E-state index contributed by atoms with van der Waals surface area (Å²) in [6.45, 7) is 4.17. The van der Waals surface area contributed by atoms with E-state index in [9.17, 15) is 20.1 Å². The van der Waals surface area contributed by atoms with Crippen LogP contribution in [0.4, 0.5) is 0 Å². The number of hydrogen-bond donors (Lipinski definition) is 4. The number of carbonyl (C=O) groups excluding carboxylic acids is 1. The molecule has 4 N–H and O–H groups in total. The van der Waals surface area contributed by atoms with E-state index in [0.717, 1.165) is 32.1 Å². The average Bonchev–Trinajstić information content (AvgIpc) is 3.12. The lowest BCUT2D eigenvalue weighted by Gasteiger charge is -2.21. The summed E-state index contributed by atoms with van der Waals surface area (Å²) in [5.41, 5.74) is 0. The van der Waals surface area contributed by atoms with Gasteiger partial charge in [-0.2, -0.15) is 0 Å². The van der Waals surface area contributed by atoms with E-state index in [1.807, 2.05) is 6.08 Å². The van der Waals surface area contributed by atoms with E-state index < -0.39 is 24.2 Å². The van der Waals surface area contributed by atoms with Crippen LogP contribution >= 0.6 is 0 Å². The monoisotopic (exact) mass is 706 g/mol. The van der Waals surface area contributed by atoms with Gasteiger partial charge in [0, 0.05) is 0 Å². The molecule has 0 aromatic rings. The molecule has 0 bridgehead atoms. The highest BCUT2D eigenvalue weighted by Gasteiger charge is 2.22. The van der Waals surface area contributed by atoms with E-state index in [1.165, 1.54) is 180 Å². The van der Waals surface area contributed by atoms with Crippen LogP contribution < -0.4 is 5.32 Å². The van der Waals surface area contributed by atoms with Crippen molar-refractivity contribution in [3.63, 3.8) is 0 Å². The summed E-state index contributed by atoms with van der Waals surface area (Å²) in [4.78, 5) is 12.4. The Labute approximate surface area is 312 Å². The minimum Gasteiger partial charge on any atom is -0.394 e. The van der Waals surface area contributed by atoms with E-state index in [2.05, 4.69) is 31.3 Å². The molecule has 0 rings (SSSR count). The third kappa shape index (κ3) is 35.2. The van der Waals surface area contributed by atoms with Crippen molar-refractivity contribution in [1.82, 2.24) is 5.32 Å². The Bertz CT molecular complexity index is 739. The fourth-order valence-corrected chi connectivity index (χ4v) is 6.77. The molecule has 0 aliphatic heterocycles. The standard InChI is InChI=1S/C45H87NO4/c1-3-5-7-9-11-13-15-17-19-20-21-22-23-24-25-26-28-29-31-33-35-37-39-43(48)42(41-47)46-45(50)44(49)40-38-36-34-32-30-27-18-16-14-12-10-8-6-4-2/h14,16,37,39,42-44,47-49H,3-13,15,17-36,38,40-41H2,1-2H3,(H,46,50)/b16-14-,39-37+. The molecule has 0 aliphatic rings. The van der Waals surface area contributed by atoms with Crippen molar-refractivity contribution in [2.75, 3.05) is 6.61 Å². The summed E-state index contributed by atoms with van der Waals surface area (Å²) in [5.74, 6) is -0.507. The first-order chi connectivity index (χ1) is 24.6. The highest BCUT2D eigenvalue weighted by molar-refractivity contribution is 5.80. The third-order valence-corrected chi connectivity index (χ3v) is 10.3. The predicted molar refractivity (Wildman–Crippen MR) is 218 cm³/mol. The van der Waals surface area contributed by atoms with Gasteiger partial charge in [0.05, 0.1) is 18.8 Å². The van der Waals surface area contributed by atoms with Crippen LogP contribution in [-0.4, -0.2) is 46.1 Å². The number of amides is 1. The van der Waals surface area contributed by atoms with Crippen LogP contribution in [0.5, 0.6) is 0 Å². The lowest BCUT2D eigenvalue weighted by atomic mass is 10.0. The lowest BCUT2D eigenvalue weighted by molar-refractivity contribution is -0.131. The zero-order valence-electron chi connectivity index (χ0n) is 33.5. The van der Waals surface area contributed by atoms with Crippen LogP contribution in [-0.2, 0) is 4.79 Å². The molecular formula is C45H87NO4. The molecule has 50 heavy (non-hydrogen) atoms. The molecule has 0 heterocycles. The summed E-state index contributed by atoms with van der Waals surface area (Å²) in [5, 5.41) is 33.1. The number of rotatable bonds is 40. The number of nitrogens with one attached hydrogen (secondary N) is 1. The fourth-order valence-electron chi connectivity index (χ4n) is 6.77. The minimum absolute atomic E-state index is 0.364. The Hall–Kier alpha value is -1.17. The Balaban J connectivity index is 3.65. The molecule has 0 aliphatic carbocycles. The van der Waals surface area contributed by atoms with E-state index >= 15 is 0 Å². The Kier molecular flexibility index (Phi) is 39.6. The largest absolute Gasteiger partial charge is 0.394 e. The lowest BCUT2D eigenvalue weighted by Crippen LogP contribution is -2.48. The smallest absolute Gasteiger partial charge is 0.249 e. The topological polar surface area (TPSA) is 89.8 Å². The molecule has 5 heteroatoms. The van der Waals surface area contributed by atoms with Crippen LogP contribution in [0.25, 0.3) is 0 Å². The van der Waals surface area contributed by atoms with Crippen LogP contribution in [0.15, 0.2) is 24.3 Å². The molecule has 0 saturated heterocycles. The minimum atomic E-state index is -1.10. The quantitative estimate of drug-likeness (QED) is 0.0377. The molecule has 0 saturated carbocycles. The molecule has 0 spiro atoms. The number of unbranched alkanes of at least 4 members (excludes halogenated alkanes) is 30. The van der Waals surface area contributed by atoms with Crippen LogP contribution in [0, 0.1) is 0 Å². The van der Waals surface area contributed by atoms with Crippen molar-refractivity contribution in [1.29, 1.82) is 0 Å². The molecule has 0 radical (unpaired) electrons. The van der Waals surface area contributed by atoms with Crippen molar-refractivity contribution in [2.45, 2.75) is 250 Å². The average molecular weight is 706 g/mol. The molecule has 3 atom stereocenters. The van der Waals surface area contributed by atoms with Crippen molar-refractivity contribution >= 4 is 5.91 Å². The molecule has 5 nitrogen and oxygen atoms in total. The van der Waals surface area contributed by atoms with Crippen molar-refractivity contribution in [3.8, 4) is 0 Å². The van der Waals surface area contributed by atoms with E-state index in [1.54, 1.807) is 6.08 Å². The van der Waals surface area contributed by atoms with Gasteiger partial charge in [-0.1, -0.05) is 212 Å². The Morgan fingerprint density at radius 3 is 1.18 bits per heavy atom. The van der Waals surface area contributed by atoms with Crippen LogP contribution in [0.3, 0.4) is 0 Å². The number of aliphatic hydroxyl groups is 3. The fraction of sp³-hybridized carbons (Fsp3) is 0.889. The normalized spacial score (nSPS) is 13.8. The second-order valence-corrected chi connectivity index (χ2v) is 15.3. The summed E-state index contributed by atoms with van der Waals surface area (Å²) in [6.07, 6.45) is 49.2. The van der Waals surface area contributed by atoms with Gasteiger partial charge in [-0.25, -0.2) is 0 Å². The Morgan fingerprint density at radius 1 is 0.480 bits per heavy atom. The zero-order chi connectivity index (χ0) is 36.6. The van der Waals surface area contributed by atoms with Gasteiger partial charge >= 0.3 is 0 Å². The summed E-state index contributed by atoms with van der Waals surface area (Å²) in [7, 11) is 0. The van der Waals surface area contributed by atoms with Gasteiger partial charge in [0.2, 0.25) is 5.91 Å². The van der Waals surface area contributed by atoms with Gasteiger partial charge in [-0.15, -0.1) is 0 Å². The number of aliphatic hydroxyl groups excluding tert-OH is 3. The molecule has 0 fully saturated rings. The number of allylic oxidation sites excluding steroid dienone is 3. The first-order valence-electron chi connectivity index (χ1n) is 22.2. The van der Waals surface area contributed by atoms with Crippen LogP contribution in [0.2, 0.25) is 0 Å². The third-order valence-electron chi connectivity index (χ3n) is 10.3. The molecule has 0 aromatic heterocycles. The van der Waals surface area contributed by atoms with E-state index in [4.69, 9.17) is 0 Å². The predicted octanol–water partition coefficient (Wildman–Crippen LogP) is 12.6. The first-order valence-corrected chi connectivity index (χ1v) is 22.2. The van der Waals surface area contributed by atoms with Gasteiger partial charge in [0.25, 0.3) is 0 Å². The SMILES string of the molecule is CCCCCC/C=C\CCCCCCCCC(O)C(=O)NC(CO)C(O)/C=C/CCCCCCCCCCCCCCCCCCCCCC. The summed E-state index contributed by atoms with van der Waals surface area (Å²) >= 11 is 0. The maximum absolute atomic E-state index is 12.4. The van der Waals surface area contributed by atoms with Gasteiger partial charge in [0.15, 0.2) is 0 Å². The molecule has 0 aromatic carbocycles. The molecule has 296 valence electrons. The summed E-state index contributed by atoms with van der Waals surface area (Å²) < 4.78 is 0. The highest BCUT2D eigenvalue weighted by Crippen LogP contribution is 2.16. The van der Waals surface area contributed by atoms with Gasteiger partial charge in [-0.3, -0.25) is 4.79 Å². The molecule has 1 amide bonds. The van der Waals surface area contributed by atoms with Crippen molar-refractivity contribution < 1.29 is 20.1 Å². The maximum atomic E-state index is 12.4. The molecular weight excluding hydrogens is 618 g/mol. The maximum Gasteiger partial charge on any atom is 0.249 e. The second-order valence-electron chi connectivity index (χ2n) is 15.3. The van der Waals surface area contributed by atoms with Gasteiger partial charge < -0.3 is 20.6 Å². The molecule has 3 unspecified atom stereocenters. The van der Waals surface area contributed by atoms with Crippen molar-refractivity contribution in [2.24, 2.45) is 0 Å².